The lowest BCUT2D eigenvalue weighted by Crippen LogP contribution is -2.35. The van der Waals surface area contributed by atoms with Gasteiger partial charge in [0, 0.05) is 24.1 Å². The molecule has 3 heterocycles. The lowest BCUT2D eigenvalue weighted by molar-refractivity contribution is 0.336. The summed E-state index contributed by atoms with van der Waals surface area (Å²) in [7, 11) is 0. The summed E-state index contributed by atoms with van der Waals surface area (Å²) in [5, 5.41) is 11.0. The van der Waals surface area contributed by atoms with Gasteiger partial charge in [-0.3, -0.25) is 0 Å². The maximum atomic E-state index is 13.3. The first-order chi connectivity index (χ1) is 12.6. The molecule has 1 saturated heterocycles. The van der Waals surface area contributed by atoms with Crippen molar-refractivity contribution in [3.05, 3.63) is 41.4 Å². The van der Waals surface area contributed by atoms with E-state index in [2.05, 4.69) is 20.6 Å². The van der Waals surface area contributed by atoms with Crippen molar-refractivity contribution in [3.63, 3.8) is 0 Å². The molecule has 1 aliphatic heterocycles. The standard InChI is InChI=1S/C17H15F3N4O2/c18-12-5-9(6-13(19)15(12)20)16-22-17(26-24-16)14-8-11(25-23-14)7-10-3-1-2-4-21-10/h5-6,8,10,21H,1-4,7H2. The van der Waals surface area contributed by atoms with Crippen molar-refractivity contribution in [1.29, 1.82) is 0 Å². The van der Waals surface area contributed by atoms with E-state index >= 15 is 0 Å². The minimum Gasteiger partial charge on any atom is -0.361 e. The summed E-state index contributed by atoms with van der Waals surface area (Å²) < 4.78 is 50.1. The Hall–Kier alpha value is -2.68. The zero-order valence-corrected chi connectivity index (χ0v) is 13.6. The Balaban J connectivity index is 1.53. The average molecular weight is 364 g/mol. The zero-order valence-electron chi connectivity index (χ0n) is 13.6. The van der Waals surface area contributed by atoms with Crippen molar-refractivity contribution in [1.82, 2.24) is 20.6 Å². The molecule has 136 valence electrons. The zero-order chi connectivity index (χ0) is 18.1. The lowest BCUT2D eigenvalue weighted by Gasteiger charge is -2.21. The van der Waals surface area contributed by atoms with Crippen LogP contribution in [0.1, 0.15) is 25.0 Å². The Kier molecular flexibility index (Phi) is 4.46. The highest BCUT2D eigenvalue weighted by Gasteiger charge is 2.20. The van der Waals surface area contributed by atoms with Gasteiger partial charge in [-0.15, -0.1) is 0 Å². The smallest absolute Gasteiger partial charge is 0.280 e. The third-order valence-electron chi connectivity index (χ3n) is 4.31. The van der Waals surface area contributed by atoms with E-state index in [0.717, 1.165) is 25.1 Å². The number of hydrogen-bond donors (Lipinski definition) is 1. The maximum absolute atomic E-state index is 13.3. The van der Waals surface area contributed by atoms with Crippen molar-refractivity contribution in [2.45, 2.75) is 31.7 Å². The van der Waals surface area contributed by atoms with Gasteiger partial charge in [0.05, 0.1) is 0 Å². The molecule has 6 nitrogen and oxygen atoms in total. The molecule has 4 rings (SSSR count). The van der Waals surface area contributed by atoms with E-state index in [1.807, 2.05) is 0 Å². The number of nitrogens with zero attached hydrogens (tertiary/aromatic N) is 3. The number of benzene rings is 1. The average Bonchev–Trinajstić information content (AvgIpc) is 3.29. The highest BCUT2D eigenvalue weighted by Crippen LogP contribution is 2.25. The van der Waals surface area contributed by atoms with E-state index in [-0.39, 0.29) is 17.3 Å². The number of hydrogen-bond acceptors (Lipinski definition) is 6. The highest BCUT2D eigenvalue weighted by molar-refractivity contribution is 5.58. The third-order valence-corrected chi connectivity index (χ3v) is 4.31. The fraction of sp³-hybridized carbons (Fsp3) is 0.353. The predicted molar refractivity (Wildman–Crippen MR) is 84.5 cm³/mol. The predicted octanol–water partition coefficient (Wildman–Crippen LogP) is 3.49. The normalized spacial score (nSPS) is 17.6. The highest BCUT2D eigenvalue weighted by atomic mass is 19.2. The Labute approximate surface area is 146 Å². The second kappa shape index (κ2) is 6.91. The van der Waals surface area contributed by atoms with Gasteiger partial charge in [0.25, 0.3) is 5.89 Å². The van der Waals surface area contributed by atoms with Crippen LogP contribution in [-0.4, -0.2) is 27.9 Å². The van der Waals surface area contributed by atoms with Crippen LogP contribution >= 0.6 is 0 Å². The second-order valence-electron chi connectivity index (χ2n) is 6.21. The van der Waals surface area contributed by atoms with Crippen LogP contribution in [0.4, 0.5) is 13.2 Å². The maximum Gasteiger partial charge on any atom is 0.280 e. The third kappa shape index (κ3) is 3.34. The number of halogens is 3. The number of nitrogens with one attached hydrogen (secondary N) is 1. The van der Waals surface area contributed by atoms with E-state index in [4.69, 9.17) is 9.05 Å². The van der Waals surface area contributed by atoms with Gasteiger partial charge in [-0.2, -0.15) is 4.98 Å². The van der Waals surface area contributed by atoms with Crippen LogP contribution in [0.15, 0.2) is 27.2 Å². The molecular weight excluding hydrogens is 349 g/mol. The van der Waals surface area contributed by atoms with Gasteiger partial charge in [0.1, 0.15) is 5.76 Å². The van der Waals surface area contributed by atoms with Crippen LogP contribution in [0.25, 0.3) is 23.0 Å². The van der Waals surface area contributed by atoms with Gasteiger partial charge in [-0.05, 0) is 31.5 Å². The van der Waals surface area contributed by atoms with Crippen LogP contribution < -0.4 is 5.32 Å². The van der Waals surface area contributed by atoms with Crippen LogP contribution in [0, 0.1) is 17.5 Å². The first kappa shape index (κ1) is 16.8. The Morgan fingerprint density at radius 3 is 2.58 bits per heavy atom. The van der Waals surface area contributed by atoms with E-state index < -0.39 is 17.5 Å². The first-order valence-corrected chi connectivity index (χ1v) is 8.28. The number of rotatable bonds is 4. The van der Waals surface area contributed by atoms with Crippen LogP contribution in [0.2, 0.25) is 0 Å². The lowest BCUT2D eigenvalue weighted by atomic mass is 10.0. The van der Waals surface area contributed by atoms with Crippen molar-refractivity contribution in [2.24, 2.45) is 0 Å². The number of aromatic nitrogens is 3. The Morgan fingerprint density at radius 1 is 1.04 bits per heavy atom. The van der Waals surface area contributed by atoms with E-state index in [1.54, 1.807) is 6.07 Å². The van der Waals surface area contributed by atoms with Crippen molar-refractivity contribution >= 4 is 0 Å². The molecule has 9 heteroatoms. The second-order valence-corrected chi connectivity index (χ2v) is 6.21. The summed E-state index contributed by atoms with van der Waals surface area (Å²) in [6.45, 7) is 0.990. The quantitative estimate of drug-likeness (QED) is 0.714. The summed E-state index contributed by atoms with van der Waals surface area (Å²) in [6.07, 6.45) is 4.12. The molecule has 0 amide bonds. The molecule has 3 aromatic rings. The summed E-state index contributed by atoms with van der Waals surface area (Å²) in [6, 6.07) is 3.64. The largest absolute Gasteiger partial charge is 0.361 e. The molecule has 0 radical (unpaired) electrons. The molecule has 2 aromatic heterocycles. The van der Waals surface area contributed by atoms with Crippen LogP contribution in [0.5, 0.6) is 0 Å². The van der Waals surface area contributed by atoms with Gasteiger partial charge in [-0.1, -0.05) is 16.7 Å². The molecule has 0 aliphatic carbocycles. The molecule has 1 unspecified atom stereocenters. The number of piperidine rings is 1. The summed E-state index contributed by atoms with van der Waals surface area (Å²) >= 11 is 0. The molecule has 0 saturated carbocycles. The minimum atomic E-state index is -1.55. The van der Waals surface area contributed by atoms with E-state index in [9.17, 15) is 13.2 Å². The molecule has 0 spiro atoms. The molecule has 26 heavy (non-hydrogen) atoms. The Morgan fingerprint density at radius 2 is 1.85 bits per heavy atom. The van der Waals surface area contributed by atoms with Crippen molar-refractivity contribution in [2.75, 3.05) is 6.54 Å². The van der Waals surface area contributed by atoms with Crippen LogP contribution in [0.3, 0.4) is 0 Å². The molecule has 1 fully saturated rings. The SMILES string of the molecule is Fc1cc(-c2noc(-c3cc(CC4CCCCN4)on3)n2)cc(F)c1F. The van der Waals surface area contributed by atoms with Gasteiger partial charge < -0.3 is 14.4 Å². The monoisotopic (exact) mass is 364 g/mol. The fourth-order valence-corrected chi connectivity index (χ4v) is 2.98. The first-order valence-electron chi connectivity index (χ1n) is 8.28. The van der Waals surface area contributed by atoms with Crippen molar-refractivity contribution in [3.8, 4) is 23.0 Å². The van der Waals surface area contributed by atoms with Gasteiger partial charge in [0.2, 0.25) is 5.82 Å². The van der Waals surface area contributed by atoms with Gasteiger partial charge >= 0.3 is 0 Å². The topological polar surface area (TPSA) is 77.0 Å². The molecule has 1 atom stereocenters. The molecule has 1 aromatic carbocycles. The van der Waals surface area contributed by atoms with Crippen LogP contribution in [-0.2, 0) is 6.42 Å². The summed E-state index contributed by atoms with van der Waals surface area (Å²) in [5.41, 5.74) is 0.295. The van der Waals surface area contributed by atoms with E-state index in [0.29, 0.717) is 23.9 Å². The molecule has 0 bridgehead atoms. The van der Waals surface area contributed by atoms with Crippen molar-refractivity contribution < 1.29 is 22.2 Å². The van der Waals surface area contributed by atoms with E-state index in [1.165, 1.54) is 12.8 Å². The minimum absolute atomic E-state index is 0.0356. The summed E-state index contributed by atoms with van der Waals surface area (Å²) in [4.78, 5) is 4.05. The molecule has 1 N–H and O–H groups in total. The Bertz CT molecular complexity index is 895. The van der Waals surface area contributed by atoms with Gasteiger partial charge in [-0.25, -0.2) is 13.2 Å². The van der Waals surface area contributed by atoms with Gasteiger partial charge in [0.15, 0.2) is 23.1 Å². The molecular formula is C17H15F3N4O2. The molecule has 1 aliphatic rings. The summed E-state index contributed by atoms with van der Waals surface area (Å²) in [5.74, 6) is -3.54. The fourth-order valence-electron chi connectivity index (χ4n) is 2.98.